The predicted octanol–water partition coefficient (Wildman–Crippen LogP) is 2.62. The topological polar surface area (TPSA) is 53.5 Å². The van der Waals surface area contributed by atoms with Gasteiger partial charge in [0.15, 0.2) is 0 Å². The number of aryl methyl sites for hydroxylation is 1. The maximum atomic E-state index is 11.5. The fourth-order valence-electron chi connectivity index (χ4n) is 1.42. The van der Waals surface area contributed by atoms with E-state index in [9.17, 15) is 4.79 Å². The fraction of sp³-hybridized carbons (Fsp3) is 0.143. The molecular formula is C14H15N3OS. The van der Waals surface area contributed by atoms with E-state index in [1.54, 1.807) is 17.6 Å². The molecule has 0 fully saturated rings. The van der Waals surface area contributed by atoms with Gasteiger partial charge in [-0.1, -0.05) is 17.7 Å². The van der Waals surface area contributed by atoms with Gasteiger partial charge < -0.3 is 5.32 Å². The molecule has 0 spiro atoms. The summed E-state index contributed by atoms with van der Waals surface area (Å²) in [6.07, 6.45) is 1.63. The van der Waals surface area contributed by atoms with Gasteiger partial charge in [-0.2, -0.15) is 16.4 Å². The number of carbonyl (C=O) groups is 1. The van der Waals surface area contributed by atoms with E-state index in [0.29, 0.717) is 0 Å². The minimum absolute atomic E-state index is 0.174. The van der Waals surface area contributed by atoms with Gasteiger partial charge in [0.1, 0.15) is 0 Å². The van der Waals surface area contributed by atoms with Crippen LogP contribution in [0, 0.1) is 6.92 Å². The number of hydrazone groups is 1. The maximum Gasteiger partial charge on any atom is 0.259 e. The highest BCUT2D eigenvalue weighted by Crippen LogP contribution is 2.07. The molecule has 0 bridgehead atoms. The van der Waals surface area contributed by atoms with Crippen molar-refractivity contribution in [1.29, 1.82) is 0 Å². The molecule has 0 radical (unpaired) electrons. The summed E-state index contributed by atoms with van der Waals surface area (Å²) in [6, 6.07) is 9.81. The van der Waals surface area contributed by atoms with E-state index in [4.69, 9.17) is 0 Å². The van der Waals surface area contributed by atoms with Crippen LogP contribution >= 0.6 is 11.3 Å². The normalized spacial score (nSPS) is 10.6. The molecule has 0 aliphatic carbocycles. The average molecular weight is 273 g/mol. The van der Waals surface area contributed by atoms with Crippen LogP contribution < -0.4 is 10.7 Å². The quantitative estimate of drug-likeness (QED) is 0.650. The summed E-state index contributed by atoms with van der Waals surface area (Å²) in [5, 5.41) is 10.8. The number of benzene rings is 1. The first kappa shape index (κ1) is 13.3. The van der Waals surface area contributed by atoms with E-state index in [0.717, 1.165) is 11.3 Å². The molecule has 19 heavy (non-hydrogen) atoms. The number of amides is 1. The Kier molecular flexibility index (Phi) is 4.69. The minimum Gasteiger partial charge on any atom is -0.376 e. The van der Waals surface area contributed by atoms with Crippen LogP contribution in [0.5, 0.6) is 0 Å². The molecule has 0 saturated carbocycles. The van der Waals surface area contributed by atoms with E-state index < -0.39 is 0 Å². The van der Waals surface area contributed by atoms with Crippen LogP contribution in [-0.4, -0.2) is 18.7 Å². The average Bonchev–Trinajstić information content (AvgIpc) is 2.91. The molecule has 4 nitrogen and oxygen atoms in total. The van der Waals surface area contributed by atoms with E-state index in [1.165, 1.54) is 5.56 Å². The molecule has 1 aromatic carbocycles. The molecule has 0 saturated heterocycles. The Labute approximate surface area is 116 Å². The molecular weight excluding hydrogens is 258 g/mol. The third kappa shape index (κ3) is 4.56. The first-order valence-electron chi connectivity index (χ1n) is 5.89. The first-order valence-corrected chi connectivity index (χ1v) is 6.83. The van der Waals surface area contributed by atoms with Gasteiger partial charge in [0.25, 0.3) is 5.91 Å². The van der Waals surface area contributed by atoms with E-state index >= 15 is 0 Å². The summed E-state index contributed by atoms with van der Waals surface area (Å²) in [5.41, 5.74) is 5.57. The van der Waals surface area contributed by atoms with Crippen molar-refractivity contribution >= 4 is 29.1 Å². The molecule has 5 heteroatoms. The van der Waals surface area contributed by atoms with Gasteiger partial charge in [0.05, 0.1) is 12.8 Å². The standard InChI is InChI=1S/C14H15N3OS/c1-11-2-4-13(5-3-11)15-9-14(18)17-16-8-12-6-7-19-10-12/h2-8,10,15H,9H2,1H3,(H,17,18)/b16-8-. The molecule has 0 unspecified atom stereocenters. The van der Waals surface area contributed by atoms with E-state index in [1.807, 2.05) is 48.0 Å². The minimum atomic E-state index is -0.174. The van der Waals surface area contributed by atoms with Gasteiger partial charge in [-0.15, -0.1) is 0 Å². The van der Waals surface area contributed by atoms with E-state index in [-0.39, 0.29) is 12.5 Å². The molecule has 0 aliphatic heterocycles. The van der Waals surface area contributed by atoms with Crippen molar-refractivity contribution in [1.82, 2.24) is 5.43 Å². The van der Waals surface area contributed by atoms with Crippen LogP contribution in [0.3, 0.4) is 0 Å². The molecule has 0 atom stereocenters. The van der Waals surface area contributed by atoms with Crippen LogP contribution in [0.4, 0.5) is 5.69 Å². The van der Waals surface area contributed by atoms with Crippen LogP contribution in [0.15, 0.2) is 46.2 Å². The third-order valence-corrected chi connectivity index (χ3v) is 3.15. The summed E-state index contributed by atoms with van der Waals surface area (Å²) in [4.78, 5) is 11.5. The molecule has 98 valence electrons. The number of carbonyl (C=O) groups excluding carboxylic acids is 1. The van der Waals surface area contributed by atoms with Gasteiger partial charge in [-0.05, 0) is 35.9 Å². The van der Waals surface area contributed by atoms with Crippen molar-refractivity contribution in [3.05, 3.63) is 52.2 Å². The largest absolute Gasteiger partial charge is 0.376 e. The summed E-state index contributed by atoms with van der Waals surface area (Å²) >= 11 is 1.59. The van der Waals surface area contributed by atoms with Crippen LogP contribution in [0.2, 0.25) is 0 Å². The zero-order valence-corrected chi connectivity index (χ0v) is 11.4. The highest BCUT2D eigenvalue weighted by molar-refractivity contribution is 7.08. The molecule has 2 aromatic rings. The van der Waals surface area contributed by atoms with Crippen molar-refractivity contribution in [2.75, 3.05) is 11.9 Å². The number of hydrogen-bond donors (Lipinski definition) is 2. The summed E-state index contributed by atoms with van der Waals surface area (Å²) in [5.74, 6) is -0.174. The second-order valence-electron chi connectivity index (χ2n) is 4.07. The number of rotatable bonds is 5. The zero-order chi connectivity index (χ0) is 13.5. The molecule has 1 heterocycles. The summed E-state index contributed by atoms with van der Waals surface area (Å²) in [6.45, 7) is 2.22. The Bertz CT molecular complexity index is 547. The van der Waals surface area contributed by atoms with Crippen molar-refractivity contribution in [2.45, 2.75) is 6.92 Å². The molecule has 1 aromatic heterocycles. The fourth-order valence-corrected chi connectivity index (χ4v) is 2.03. The lowest BCUT2D eigenvalue weighted by atomic mass is 10.2. The molecule has 2 rings (SSSR count). The second-order valence-corrected chi connectivity index (χ2v) is 4.85. The molecule has 0 aliphatic rings. The second kappa shape index (κ2) is 6.70. The lowest BCUT2D eigenvalue weighted by molar-refractivity contribution is -0.119. The van der Waals surface area contributed by atoms with Crippen LogP contribution in [0.25, 0.3) is 0 Å². The Hall–Kier alpha value is -2.14. The maximum absolute atomic E-state index is 11.5. The number of hydrogen-bond acceptors (Lipinski definition) is 4. The smallest absolute Gasteiger partial charge is 0.259 e. The molecule has 1 amide bonds. The molecule has 2 N–H and O–H groups in total. The predicted molar refractivity (Wildman–Crippen MR) is 79.7 cm³/mol. The van der Waals surface area contributed by atoms with E-state index in [2.05, 4.69) is 15.8 Å². The lowest BCUT2D eigenvalue weighted by Crippen LogP contribution is -2.25. The Balaban J connectivity index is 1.74. The monoisotopic (exact) mass is 273 g/mol. The van der Waals surface area contributed by atoms with Crippen molar-refractivity contribution < 1.29 is 4.79 Å². The Morgan fingerprint density at radius 2 is 2.11 bits per heavy atom. The van der Waals surface area contributed by atoms with Gasteiger partial charge in [0.2, 0.25) is 0 Å². The summed E-state index contributed by atoms with van der Waals surface area (Å²) < 4.78 is 0. The zero-order valence-electron chi connectivity index (χ0n) is 10.6. The highest BCUT2D eigenvalue weighted by Gasteiger charge is 1.98. The van der Waals surface area contributed by atoms with Crippen LogP contribution in [-0.2, 0) is 4.79 Å². The van der Waals surface area contributed by atoms with Gasteiger partial charge >= 0.3 is 0 Å². The number of anilines is 1. The number of nitrogens with one attached hydrogen (secondary N) is 2. The number of nitrogens with zero attached hydrogens (tertiary/aromatic N) is 1. The first-order chi connectivity index (χ1) is 9.24. The Morgan fingerprint density at radius 3 is 2.79 bits per heavy atom. The number of thiophene rings is 1. The third-order valence-electron chi connectivity index (χ3n) is 2.45. The Morgan fingerprint density at radius 1 is 1.32 bits per heavy atom. The van der Waals surface area contributed by atoms with Crippen molar-refractivity contribution in [2.24, 2.45) is 5.10 Å². The van der Waals surface area contributed by atoms with Crippen molar-refractivity contribution in [3.63, 3.8) is 0 Å². The van der Waals surface area contributed by atoms with Crippen molar-refractivity contribution in [3.8, 4) is 0 Å². The van der Waals surface area contributed by atoms with Gasteiger partial charge in [-0.3, -0.25) is 4.79 Å². The summed E-state index contributed by atoms with van der Waals surface area (Å²) in [7, 11) is 0. The SMILES string of the molecule is Cc1ccc(NCC(=O)N/N=C\c2ccsc2)cc1. The van der Waals surface area contributed by atoms with Gasteiger partial charge in [0, 0.05) is 11.3 Å². The highest BCUT2D eigenvalue weighted by atomic mass is 32.1. The van der Waals surface area contributed by atoms with Crippen LogP contribution in [0.1, 0.15) is 11.1 Å². The van der Waals surface area contributed by atoms with Gasteiger partial charge in [-0.25, -0.2) is 5.43 Å². The lowest BCUT2D eigenvalue weighted by Gasteiger charge is -2.05.